The zero-order valence-electron chi connectivity index (χ0n) is 44.5. The molecule has 9 rings (SSSR count). The predicted molar refractivity (Wildman–Crippen MR) is 291 cm³/mol. The molecule has 4 aromatic rings. The quantitative estimate of drug-likeness (QED) is 0.0434. The molecule has 9 amide bonds. The first-order valence-corrected chi connectivity index (χ1v) is 29.8. The summed E-state index contributed by atoms with van der Waals surface area (Å²) >= 11 is 0.921. The van der Waals surface area contributed by atoms with Gasteiger partial charge in [0.05, 0.1) is 4.88 Å². The number of nitrogens with zero attached hydrogens (tertiary/aromatic N) is 3. The molecule has 1 aromatic heterocycles. The van der Waals surface area contributed by atoms with E-state index in [4.69, 9.17) is 5.73 Å². The maximum Gasteiger partial charge on any atom is 0.399 e. The maximum absolute atomic E-state index is 14.5. The van der Waals surface area contributed by atoms with Gasteiger partial charge in [-0.05, 0) is 123 Å². The van der Waals surface area contributed by atoms with E-state index in [1.807, 2.05) is 6.07 Å². The highest BCUT2D eigenvalue weighted by Crippen LogP contribution is 2.59. The van der Waals surface area contributed by atoms with Crippen LogP contribution in [0.15, 0.2) is 66.7 Å². The Balaban J connectivity index is 0.833. The molecule has 20 nitrogen and oxygen atoms in total. The molecule has 4 fully saturated rings. The second-order valence-electron chi connectivity index (χ2n) is 21.6. The van der Waals surface area contributed by atoms with Gasteiger partial charge in [-0.1, -0.05) is 48.9 Å². The van der Waals surface area contributed by atoms with Crippen molar-refractivity contribution >= 4 is 82.2 Å². The molecular weight excluding hydrogens is 1110 g/mol. The summed E-state index contributed by atoms with van der Waals surface area (Å²) in [5.74, 6) is 0.988. The van der Waals surface area contributed by atoms with E-state index in [1.54, 1.807) is 17.0 Å². The number of rotatable bonds is 17. The fourth-order valence-corrected chi connectivity index (χ4v) is 13.0. The summed E-state index contributed by atoms with van der Waals surface area (Å²) in [5, 5.41) is 10.7. The highest BCUT2D eigenvalue weighted by molar-refractivity contribution is 7.52. The van der Waals surface area contributed by atoms with Crippen LogP contribution in [0.4, 0.5) is 13.2 Å². The number of piperidine rings is 2. The van der Waals surface area contributed by atoms with Crippen LogP contribution in [-0.4, -0.2) is 127 Å². The van der Waals surface area contributed by atoms with Crippen molar-refractivity contribution in [1.82, 2.24) is 36.0 Å². The standard InChI is InChI=1S/C57H62F3N8O12PS/c58-37-15-12-33(13-16-37)28-43(55(76)66-26-24-32(25-27-66)6-1-2-7-34-8-5-10-39-40(34)31-67(54(39)75)44-20-23-49(70)65-51(44)72)64-50(71)41(18-22-48(61)69)62-52(73)45-19-17-38-9-3-4-11-42(56(77)68(38)45)63-53(74)47-30-35-29-36(14-21-46(35)82-47)57(59,60)81(78,79)80/h5,8,10,12-16,21,29-30,32,38,41-45H,1,3-4,6,9,11,17-20,22-28,31H2,(H2,61,69)(H,62,73)(H,63,74)(H,64,71)(H,65,70,72)(H2,78,79,80)/t38-,41?,42-,43?,44?,45-/m0/s1. The van der Waals surface area contributed by atoms with Crippen LogP contribution in [0.3, 0.4) is 0 Å². The first-order chi connectivity index (χ1) is 39.1. The van der Waals surface area contributed by atoms with Crippen molar-refractivity contribution in [1.29, 1.82) is 0 Å². The van der Waals surface area contributed by atoms with Crippen LogP contribution in [0.25, 0.3) is 10.1 Å². The lowest BCUT2D eigenvalue weighted by Crippen LogP contribution is -2.59. The van der Waals surface area contributed by atoms with Crippen molar-refractivity contribution in [2.24, 2.45) is 11.7 Å². The fourth-order valence-electron chi connectivity index (χ4n) is 11.6. The number of benzene rings is 3. The van der Waals surface area contributed by atoms with Gasteiger partial charge in [-0.15, -0.1) is 11.3 Å². The van der Waals surface area contributed by atoms with Gasteiger partial charge in [0, 0.05) is 72.7 Å². The van der Waals surface area contributed by atoms with Gasteiger partial charge in [-0.2, -0.15) is 8.78 Å². The van der Waals surface area contributed by atoms with E-state index in [2.05, 4.69) is 33.1 Å². The van der Waals surface area contributed by atoms with Crippen LogP contribution >= 0.6 is 18.9 Å². The highest BCUT2D eigenvalue weighted by Gasteiger charge is 2.51. The lowest BCUT2D eigenvalue weighted by molar-refractivity contribution is -0.143. The summed E-state index contributed by atoms with van der Waals surface area (Å²) in [6.45, 7) is 0.897. The summed E-state index contributed by atoms with van der Waals surface area (Å²) < 4.78 is 55.0. The molecule has 3 aromatic carbocycles. The second-order valence-corrected chi connectivity index (χ2v) is 24.3. The molecule has 6 heterocycles. The smallest absolute Gasteiger partial charge is 0.370 e. The van der Waals surface area contributed by atoms with Crippen molar-refractivity contribution < 1.29 is 70.7 Å². The third-order valence-corrected chi connectivity index (χ3v) is 18.2. The van der Waals surface area contributed by atoms with E-state index in [0.717, 1.165) is 35.5 Å². The van der Waals surface area contributed by atoms with Crippen molar-refractivity contribution in [3.8, 4) is 11.8 Å². The number of likely N-dealkylation sites (tertiary alicyclic amines) is 1. The van der Waals surface area contributed by atoms with Crippen LogP contribution in [0, 0.1) is 23.6 Å². The zero-order valence-corrected chi connectivity index (χ0v) is 46.2. The minimum atomic E-state index is -5.87. The summed E-state index contributed by atoms with van der Waals surface area (Å²) in [7, 11) is -5.87. The van der Waals surface area contributed by atoms with Gasteiger partial charge >= 0.3 is 13.3 Å². The van der Waals surface area contributed by atoms with E-state index >= 15 is 0 Å². The Morgan fingerprint density at radius 1 is 0.890 bits per heavy atom. The van der Waals surface area contributed by atoms with Crippen LogP contribution in [-0.2, 0) is 56.8 Å². The van der Waals surface area contributed by atoms with Gasteiger partial charge in [0.25, 0.3) is 11.8 Å². The number of alkyl halides is 2. The minimum Gasteiger partial charge on any atom is -0.370 e. The first kappa shape index (κ1) is 59.2. The Hall–Kier alpha value is -7.45. The van der Waals surface area contributed by atoms with Gasteiger partial charge < -0.3 is 46.2 Å². The number of carbonyl (C=O) groups is 9. The molecule has 25 heteroatoms. The number of halogens is 3. The Kier molecular flexibility index (Phi) is 18.0. The molecule has 4 saturated heterocycles. The van der Waals surface area contributed by atoms with E-state index in [1.165, 1.54) is 46.2 Å². The predicted octanol–water partition coefficient (Wildman–Crippen LogP) is 4.61. The van der Waals surface area contributed by atoms with E-state index < -0.39 is 102 Å². The molecule has 0 aliphatic carbocycles. The lowest BCUT2D eigenvalue weighted by atomic mass is 9.91. The molecule has 6 atom stereocenters. The molecule has 0 saturated carbocycles. The number of carbonyl (C=O) groups excluding carboxylic acids is 9. The largest absolute Gasteiger partial charge is 0.399 e. The molecule has 3 unspecified atom stereocenters. The Labute approximate surface area is 473 Å². The van der Waals surface area contributed by atoms with Gasteiger partial charge in [0.2, 0.25) is 41.4 Å². The summed E-state index contributed by atoms with van der Waals surface area (Å²) in [4.78, 5) is 144. The number of hydrogen-bond donors (Lipinski definition) is 7. The fraction of sp³-hybridized carbons (Fsp3) is 0.456. The summed E-state index contributed by atoms with van der Waals surface area (Å²) in [6.07, 6.45) is 4.80. The van der Waals surface area contributed by atoms with Crippen LogP contribution in [0.1, 0.15) is 132 Å². The summed E-state index contributed by atoms with van der Waals surface area (Å²) in [6, 6.07) is 8.97. The number of thiophene rings is 1. The minimum absolute atomic E-state index is 0.0355. The van der Waals surface area contributed by atoms with E-state index in [0.29, 0.717) is 79.4 Å². The van der Waals surface area contributed by atoms with Gasteiger partial charge in [-0.25, -0.2) is 4.39 Å². The van der Waals surface area contributed by atoms with Gasteiger partial charge in [-0.3, -0.25) is 53.0 Å². The van der Waals surface area contributed by atoms with Gasteiger partial charge in [0.15, 0.2) is 0 Å². The van der Waals surface area contributed by atoms with Crippen LogP contribution < -0.4 is 27.0 Å². The molecule has 0 spiro atoms. The number of primary amides is 1. The third kappa shape index (κ3) is 13.2. The lowest BCUT2D eigenvalue weighted by Gasteiger charge is -2.36. The highest BCUT2D eigenvalue weighted by atomic mass is 32.1. The number of nitrogens with one attached hydrogen (secondary N) is 4. The first-order valence-electron chi connectivity index (χ1n) is 27.3. The number of imide groups is 1. The molecule has 0 bridgehead atoms. The molecule has 5 aliphatic heterocycles. The van der Waals surface area contributed by atoms with Crippen molar-refractivity contribution in [2.75, 3.05) is 13.1 Å². The Morgan fingerprint density at radius 3 is 2.35 bits per heavy atom. The van der Waals surface area contributed by atoms with Crippen molar-refractivity contribution in [3.63, 3.8) is 0 Å². The molecule has 82 heavy (non-hydrogen) atoms. The summed E-state index contributed by atoms with van der Waals surface area (Å²) in [5.41, 5.74) is 2.52. The third-order valence-electron chi connectivity index (χ3n) is 16.1. The average Bonchev–Trinajstić information content (AvgIpc) is 3.77. The number of hydrogen-bond acceptors (Lipinski definition) is 11. The normalized spacial score (nSPS) is 21.3. The second kappa shape index (κ2) is 25.0. The van der Waals surface area contributed by atoms with Crippen LogP contribution in [0.5, 0.6) is 0 Å². The Morgan fingerprint density at radius 2 is 1.63 bits per heavy atom. The van der Waals surface area contributed by atoms with Crippen molar-refractivity contribution in [3.05, 3.63) is 105 Å². The van der Waals surface area contributed by atoms with Crippen LogP contribution in [0.2, 0.25) is 0 Å². The van der Waals surface area contributed by atoms with Crippen molar-refractivity contribution in [2.45, 2.75) is 145 Å². The number of fused-ring (bicyclic) bond motifs is 3. The zero-order chi connectivity index (χ0) is 58.6. The Bertz CT molecular complexity index is 3320. The average molecular weight is 1170 g/mol. The van der Waals surface area contributed by atoms with E-state index in [9.17, 15) is 70.7 Å². The number of nitrogens with two attached hydrogens (primary N) is 1. The van der Waals surface area contributed by atoms with Gasteiger partial charge in [0.1, 0.15) is 36.0 Å². The molecular formula is C57H62F3N8O12PS. The molecule has 0 radical (unpaired) electrons. The molecule has 434 valence electrons. The van der Waals surface area contributed by atoms with E-state index in [-0.39, 0.29) is 79.5 Å². The molecule has 8 N–H and O–H groups in total. The maximum atomic E-state index is 14.5. The monoisotopic (exact) mass is 1170 g/mol. The number of amides is 9. The molecule has 5 aliphatic rings. The topological polar surface area (TPSA) is 295 Å². The SMILES string of the molecule is NC(=O)CCC(NC(=O)[C@@H]1CC[C@@H]2CCCC[C@H](NC(=O)c3cc4cc(C(F)(F)P(=O)(O)O)ccc4s3)C(=O)N21)C(=O)NC(Cc1ccc(F)cc1)C(=O)N1CCC(CCC#Cc2cccc3c2CN(C2CCC(=O)NC2=O)C3=O)CC1.